The molecule has 0 aromatic heterocycles. The van der Waals surface area contributed by atoms with Gasteiger partial charge in [0.05, 0.1) is 14.2 Å². The molecule has 0 amide bonds. The zero-order valence-corrected chi connectivity index (χ0v) is 8.66. The Bertz CT molecular complexity index is 332. The molecule has 0 saturated heterocycles. The Morgan fingerprint density at radius 2 is 2.00 bits per heavy atom. The summed E-state index contributed by atoms with van der Waals surface area (Å²) in [5, 5.41) is 0. The van der Waals surface area contributed by atoms with E-state index in [1.165, 1.54) is 0 Å². The summed E-state index contributed by atoms with van der Waals surface area (Å²) >= 11 is 0. The quantitative estimate of drug-likeness (QED) is 0.685. The smallest absolute Gasteiger partial charge is 0.126 e. The number of hydrogen-bond acceptors (Lipinski definition) is 3. The average molecular weight is 194 g/mol. The molecule has 1 aromatic carbocycles. The molecule has 3 nitrogen and oxygen atoms in total. The highest BCUT2D eigenvalue weighted by molar-refractivity contribution is 5.60. The summed E-state index contributed by atoms with van der Waals surface area (Å²) in [5.41, 5.74) is 1.93. The second-order valence-electron chi connectivity index (χ2n) is 3.00. The van der Waals surface area contributed by atoms with Crippen molar-refractivity contribution < 1.29 is 14.3 Å². The van der Waals surface area contributed by atoms with Gasteiger partial charge >= 0.3 is 0 Å². The van der Waals surface area contributed by atoms with E-state index in [0.29, 0.717) is 12.2 Å². The van der Waals surface area contributed by atoms with Crippen molar-refractivity contribution in [3.63, 3.8) is 0 Å². The summed E-state index contributed by atoms with van der Waals surface area (Å²) in [4.78, 5) is 10.5. The fourth-order valence-electron chi connectivity index (χ4n) is 1.40. The van der Waals surface area contributed by atoms with E-state index in [-0.39, 0.29) is 0 Å². The summed E-state index contributed by atoms with van der Waals surface area (Å²) in [6.07, 6.45) is 1.25. The standard InChI is InChI=1S/C11H14O3/c1-8-6-9(13-2)7-11(14-3)10(8)4-5-12/h5-7H,4H2,1-3H3. The highest BCUT2D eigenvalue weighted by Gasteiger charge is 2.08. The number of ether oxygens (including phenoxy) is 2. The van der Waals surface area contributed by atoms with Crippen molar-refractivity contribution in [2.24, 2.45) is 0 Å². The second kappa shape index (κ2) is 4.65. The van der Waals surface area contributed by atoms with Crippen LogP contribution in [0.25, 0.3) is 0 Å². The van der Waals surface area contributed by atoms with E-state index >= 15 is 0 Å². The van der Waals surface area contributed by atoms with Crippen LogP contribution in [0.1, 0.15) is 11.1 Å². The average Bonchev–Trinajstić information content (AvgIpc) is 2.20. The fourth-order valence-corrected chi connectivity index (χ4v) is 1.40. The predicted octanol–water partition coefficient (Wildman–Crippen LogP) is 1.75. The molecule has 0 spiro atoms. The van der Waals surface area contributed by atoms with Crippen LogP contribution in [0, 0.1) is 6.92 Å². The molecule has 0 aliphatic carbocycles. The van der Waals surface area contributed by atoms with Crippen LogP contribution in [-0.4, -0.2) is 20.5 Å². The van der Waals surface area contributed by atoms with E-state index in [9.17, 15) is 4.79 Å². The van der Waals surface area contributed by atoms with E-state index in [0.717, 1.165) is 23.2 Å². The molecule has 0 fully saturated rings. The maximum atomic E-state index is 10.5. The van der Waals surface area contributed by atoms with Gasteiger partial charge in [0.1, 0.15) is 17.8 Å². The highest BCUT2D eigenvalue weighted by atomic mass is 16.5. The number of methoxy groups -OCH3 is 2. The topological polar surface area (TPSA) is 35.5 Å². The first kappa shape index (κ1) is 10.6. The minimum Gasteiger partial charge on any atom is -0.497 e. The Hall–Kier alpha value is -1.51. The Kier molecular flexibility index (Phi) is 3.51. The number of aldehydes is 1. The highest BCUT2D eigenvalue weighted by Crippen LogP contribution is 2.28. The Morgan fingerprint density at radius 1 is 1.29 bits per heavy atom. The third-order valence-electron chi connectivity index (χ3n) is 2.15. The molecule has 0 saturated carbocycles. The molecule has 0 N–H and O–H groups in total. The third kappa shape index (κ3) is 2.05. The van der Waals surface area contributed by atoms with E-state index in [4.69, 9.17) is 9.47 Å². The van der Waals surface area contributed by atoms with Gasteiger partial charge in [0.15, 0.2) is 0 Å². The fraction of sp³-hybridized carbons (Fsp3) is 0.364. The Labute approximate surface area is 83.6 Å². The van der Waals surface area contributed by atoms with Crippen molar-refractivity contribution in [3.05, 3.63) is 23.3 Å². The number of carbonyl (C=O) groups excluding carboxylic acids is 1. The van der Waals surface area contributed by atoms with Crippen LogP contribution in [0.15, 0.2) is 12.1 Å². The number of benzene rings is 1. The van der Waals surface area contributed by atoms with Gasteiger partial charge in [-0.25, -0.2) is 0 Å². The normalized spacial score (nSPS) is 9.64. The largest absolute Gasteiger partial charge is 0.497 e. The van der Waals surface area contributed by atoms with Crippen LogP contribution in [-0.2, 0) is 11.2 Å². The minimum absolute atomic E-state index is 0.374. The molecule has 1 aromatic rings. The first-order valence-corrected chi connectivity index (χ1v) is 4.38. The summed E-state index contributed by atoms with van der Waals surface area (Å²) in [5.74, 6) is 1.45. The van der Waals surface area contributed by atoms with Gasteiger partial charge in [0.25, 0.3) is 0 Å². The lowest BCUT2D eigenvalue weighted by Gasteiger charge is -2.11. The number of aryl methyl sites for hydroxylation is 1. The third-order valence-corrected chi connectivity index (χ3v) is 2.15. The monoisotopic (exact) mass is 194 g/mol. The van der Waals surface area contributed by atoms with Crippen molar-refractivity contribution in [2.75, 3.05) is 14.2 Å². The molecule has 0 atom stereocenters. The van der Waals surface area contributed by atoms with Gasteiger partial charge in [-0.05, 0) is 18.6 Å². The molecule has 0 aliphatic heterocycles. The molecule has 0 radical (unpaired) electrons. The van der Waals surface area contributed by atoms with Gasteiger partial charge < -0.3 is 14.3 Å². The predicted molar refractivity (Wildman–Crippen MR) is 54.1 cm³/mol. The van der Waals surface area contributed by atoms with Gasteiger partial charge in [-0.1, -0.05) is 0 Å². The summed E-state index contributed by atoms with van der Waals surface area (Å²) in [6, 6.07) is 3.67. The first-order valence-electron chi connectivity index (χ1n) is 4.38. The van der Waals surface area contributed by atoms with Crippen molar-refractivity contribution in [3.8, 4) is 11.5 Å². The SMILES string of the molecule is COc1cc(C)c(CC=O)c(OC)c1. The summed E-state index contributed by atoms with van der Waals surface area (Å²) < 4.78 is 10.3. The number of carbonyl (C=O) groups is 1. The lowest BCUT2D eigenvalue weighted by molar-refractivity contribution is -0.107. The second-order valence-corrected chi connectivity index (χ2v) is 3.00. The summed E-state index contributed by atoms with van der Waals surface area (Å²) in [7, 11) is 3.19. The van der Waals surface area contributed by atoms with Crippen LogP contribution in [0.5, 0.6) is 11.5 Å². The Balaban J connectivity index is 3.19. The minimum atomic E-state index is 0.374. The van der Waals surface area contributed by atoms with Crippen molar-refractivity contribution in [1.82, 2.24) is 0 Å². The van der Waals surface area contributed by atoms with Crippen molar-refractivity contribution in [1.29, 1.82) is 0 Å². The first-order chi connectivity index (χ1) is 6.72. The van der Waals surface area contributed by atoms with E-state index < -0.39 is 0 Å². The zero-order valence-electron chi connectivity index (χ0n) is 8.66. The van der Waals surface area contributed by atoms with Gasteiger partial charge in [0, 0.05) is 18.1 Å². The lowest BCUT2D eigenvalue weighted by Crippen LogP contribution is -1.97. The molecular weight excluding hydrogens is 180 g/mol. The molecule has 3 heteroatoms. The zero-order chi connectivity index (χ0) is 10.6. The van der Waals surface area contributed by atoms with E-state index in [1.54, 1.807) is 20.3 Å². The van der Waals surface area contributed by atoms with E-state index in [1.807, 2.05) is 13.0 Å². The summed E-state index contributed by atoms with van der Waals surface area (Å²) in [6.45, 7) is 1.93. The number of hydrogen-bond donors (Lipinski definition) is 0. The van der Waals surface area contributed by atoms with Crippen molar-refractivity contribution in [2.45, 2.75) is 13.3 Å². The molecule has 0 unspecified atom stereocenters. The van der Waals surface area contributed by atoms with Gasteiger partial charge in [0.2, 0.25) is 0 Å². The lowest BCUT2D eigenvalue weighted by atomic mass is 10.0. The molecule has 0 bridgehead atoms. The number of rotatable bonds is 4. The maximum Gasteiger partial charge on any atom is 0.126 e. The van der Waals surface area contributed by atoms with Crippen LogP contribution in [0.2, 0.25) is 0 Å². The molecule has 1 rings (SSSR count). The Morgan fingerprint density at radius 3 is 2.50 bits per heavy atom. The van der Waals surface area contributed by atoms with Gasteiger partial charge in [-0.15, -0.1) is 0 Å². The van der Waals surface area contributed by atoms with Crippen LogP contribution >= 0.6 is 0 Å². The molecule has 14 heavy (non-hydrogen) atoms. The van der Waals surface area contributed by atoms with Gasteiger partial charge in [-0.2, -0.15) is 0 Å². The van der Waals surface area contributed by atoms with Crippen LogP contribution in [0.3, 0.4) is 0 Å². The van der Waals surface area contributed by atoms with E-state index in [2.05, 4.69) is 0 Å². The van der Waals surface area contributed by atoms with Crippen molar-refractivity contribution >= 4 is 6.29 Å². The molecule has 76 valence electrons. The van der Waals surface area contributed by atoms with Crippen LogP contribution in [0.4, 0.5) is 0 Å². The molecule has 0 heterocycles. The van der Waals surface area contributed by atoms with Gasteiger partial charge in [-0.3, -0.25) is 0 Å². The molecule has 0 aliphatic rings. The van der Waals surface area contributed by atoms with Crippen LogP contribution < -0.4 is 9.47 Å². The molecular formula is C11H14O3. The maximum absolute atomic E-state index is 10.5.